The summed E-state index contributed by atoms with van der Waals surface area (Å²) in [7, 11) is 2.13. The van der Waals surface area contributed by atoms with Gasteiger partial charge in [0, 0.05) is 6.54 Å². The summed E-state index contributed by atoms with van der Waals surface area (Å²) in [5.41, 5.74) is 0.138. The van der Waals surface area contributed by atoms with E-state index >= 15 is 0 Å². The van der Waals surface area contributed by atoms with Crippen LogP contribution in [0.1, 0.15) is 12.8 Å². The number of likely N-dealkylation sites (tertiary alicyclic amines) is 1. The molecule has 0 amide bonds. The standard InChI is InChI=1S/C14H19ClN4O/c1-3-6-19-14(20)13(12(15)10-17-19)16-9-11-4-7-18(2)8-5-11/h1,10-11,16H,4-9H2,2H3. The van der Waals surface area contributed by atoms with Crippen molar-refractivity contribution in [3.05, 3.63) is 21.6 Å². The maximum absolute atomic E-state index is 12.2. The van der Waals surface area contributed by atoms with Crippen molar-refractivity contribution < 1.29 is 0 Å². The first-order valence-electron chi connectivity index (χ1n) is 6.73. The smallest absolute Gasteiger partial charge is 0.292 e. The minimum atomic E-state index is -0.261. The number of halogens is 1. The third-order valence-corrected chi connectivity index (χ3v) is 3.93. The molecule has 1 aliphatic rings. The minimum absolute atomic E-state index is 0.152. The molecule has 1 aromatic heterocycles. The Hall–Kier alpha value is -1.51. The molecule has 0 unspecified atom stereocenters. The molecule has 0 atom stereocenters. The maximum atomic E-state index is 12.2. The lowest BCUT2D eigenvalue weighted by molar-refractivity contribution is 0.226. The zero-order valence-corrected chi connectivity index (χ0v) is 12.4. The van der Waals surface area contributed by atoms with Crippen molar-refractivity contribution in [1.29, 1.82) is 0 Å². The van der Waals surface area contributed by atoms with Crippen LogP contribution in [0.25, 0.3) is 0 Å². The van der Waals surface area contributed by atoms with E-state index in [1.54, 1.807) is 0 Å². The average Bonchev–Trinajstić information content (AvgIpc) is 2.44. The Labute approximate surface area is 123 Å². The first kappa shape index (κ1) is 14.9. The van der Waals surface area contributed by atoms with Crippen molar-refractivity contribution in [2.75, 3.05) is 32.0 Å². The van der Waals surface area contributed by atoms with Crippen LogP contribution in [0.3, 0.4) is 0 Å². The molecule has 0 bridgehead atoms. The van der Waals surface area contributed by atoms with Crippen molar-refractivity contribution in [2.45, 2.75) is 19.4 Å². The molecule has 2 heterocycles. The third-order valence-electron chi connectivity index (χ3n) is 3.64. The van der Waals surface area contributed by atoms with E-state index in [9.17, 15) is 4.79 Å². The van der Waals surface area contributed by atoms with Gasteiger partial charge in [-0.1, -0.05) is 17.5 Å². The summed E-state index contributed by atoms with van der Waals surface area (Å²) in [4.78, 5) is 14.5. The highest BCUT2D eigenvalue weighted by molar-refractivity contribution is 6.32. The van der Waals surface area contributed by atoms with Crippen LogP contribution in [0.15, 0.2) is 11.0 Å². The van der Waals surface area contributed by atoms with E-state index < -0.39 is 0 Å². The van der Waals surface area contributed by atoms with Crippen LogP contribution in [-0.2, 0) is 6.54 Å². The summed E-state index contributed by atoms with van der Waals surface area (Å²) >= 11 is 6.04. The number of anilines is 1. The number of nitrogens with one attached hydrogen (secondary N) is 1. The van der Waals surface area contributed by atoms with Crippen molar-refractivity contribution in [2.24, 2.45) is 5.92 Å². The molecule has 108 valence electrons. The molecule has 0 aromatic carbocycles. The Morgan fingerprint density at radius 2 is 2.25 bits per heavy atom. The topological polar surface area (TPSA) is 50.2 Å². The summed E-state index contributed by atoms with van der Waals surface area (Å²) < 4.78 is 1.24. The van der Waals surface area contributed by atoms with Crippen molar-refractivity contribution >= 4 is 17.3 Å². The molecule has 1 saturated heterocycles. The van der Waals surface area contributed by atoms with Gasteiger partial charge in [0.05, 0.1) is 11.2 Å². The Bertz CT molecular complexity index is 555. The Morgan fingerprint density at radius 1 is 1.55 bits per heavy atom. The average molecular weight is 295 g/mol. The molecular weight excluding hydrogens is 276 g/mol. The van der Waals surface area contributed by atoms with Gasteiger partial charge in [-0.15, -0.1) is 6.42 Å². The predicted octanol–water partition coefficient (Wildman–Crippen LogP) is 1.28. The van der Waals surface area contributed by atoms with Crippen LogP contribution in [0, 0.1) is 18.3 Å². The van der Waals surface area contributed by atoms with E-state index in [-0.39, 0.29) is 12.1 Å². The molecule has 0 radical (unpaired) electrons. The van der Waals surface area contributed by atoms with E-state index in [0.717, 1.165) is 32.5 Å². The molecule has 0 saturated carbocycles. The van der Waals surface area contributed by atoms with Gasteiger partial charge >= 0.3 is 0 Å². The molecule has 1 aromatic rings. The summed E-state index contributed by atoms with van der Waals surface area (Å²) in [6, 6.07) is 0. The van der Waals surface area contributed by atoms with Gasteiger partial charge in [0.25, 0.3) is 5.56 Å². The van der Waals surface area contributed by atoms with E-state index in [1.165, 1.54) is 10.9 Å². The fraction of sp³-hybridized carbons (Fsp3) is 0.571. The Kier molecular flexibility index (Phi) is 5.05. The zero-order valence-electron chi connectivity index (χ0n) is 11.6. The van der Waals surface area contributed by atoms with Crippen LogP contribution in [0.4, 0.5) is 5.69 Å². The summed E-state index contributed by atoms with van der Waals surface area (Å²) in [6.07, 6.45) is 8.93. The lowest BCUT2D eigenvalue weighted by Gasteiger charge is -2.29. The fourth-order valence-electron chi connectivity index (χ4n) is 2.34. The quantitative estimate of drug-likeness (QED) is 0.850. The summed E-state index contributed by atoms with van der Waals surface area (Å²) in [5.74, 6) is 2.97. The second kappa shape index (κ2) is 6.78. The van der Waals surface area contributed by atoms with E-state index in [4.69, 9.17) is 18.0 Å². The van der Waals surface area contributed by atoms with E-state index in [1.807, 2.05) is 0 Å². The van der Waals surface area contributed by atoms with Gasteiger partial charge < -0.3 is 10.2 Å². The maximum Gasteiger partial charge on any atom is 0.292 e. The first-order valence-corrected chi connectivity index (χ1v) is 7.11. The first-order chi connectivity index (χ1) is 9.61. The van der Waals surface area contributed by atoms with Crippen molar-refractivity contribution in [1.82, 2.24) is 14.7 Å². The largest absolute Gasteiger partial charge is 0.379 e. The summed E-state index contributed by atoms with van der Waals surface area (Å²) in [5, 5.41) is 7.43. The monoisotopic (exact) mass is 294 g/mol. The molecule has 0 aliphatic carbocycles. The van der Waals surface area contributed by atoms with Crippen LogP contribution in [0.2, 0.25) is 5.02 Å². The highest BCUT2D eigenvalue weighted by Crippen LogP contribution is 2.19. The number of nitrogens with zero attached hydrogens (tertiary/aromatic N) is 3. The predicted molar refractivity (Wildman–Crippen MR) is 81.1 cm³/mol. The molecule has 20 heavy (non-hydrogen) atoms. The van der Waals surface area contributed by atoms with Crippen molar-refractivity contribution in [3.63, 3.8) is 0 Å². The number of hydrogen-bond acceptors (Lipinski definition) is 4. The number of hydrogen-bond donors (Lipinski definition) is 1. The zero-order chi connectivity index (χ0) is 14.5. The molecular formula is C14H19ClN4O. The second-order valence-electron chi connectivity index (χ2n) is 5.16. The fourth-order valence-corrected chi connectivity index (χ4v) is 2.53. The van der Waals surface area contributed by atoms with Crippen LogP contribution < -0.4 is 10.9 Å². The van der Waals surface area contributed by atoms with Gasteiger partial charge in [-0.05, 0) is 38.9 Å². The Balaban J connectivity index is 2.04. The summed E-state index contributed by atoms with van der Waals surface area (Å²) in [6.45, 7) is 3.09. The van der Waals surface area contributed by atoms with Gasteiger partial charge in [-0.25, -0.2) is 4.68 Å². The van der Waals surface area contributed by atoms with Crippen LogP contribution >= 0.6 is 11.6 Å². The van der Waals surface area contributed by atoms with Gasteiger partial charge in [0.2, 0.25) is 0 Å². The lowest BCUT2D eigenvalue weighted by atomic mass is 9.97. The van der Waals surface area contributed by atoms with Gasteiger partial charge in [-0.3, -0.25) is 4.79 Å². The van der Waals surface area contributed by atoms with Gasteiger partial charge in [0.1, 0.15) is 12.2 Å². The van der Waals surface area contributed by atoms with Crippen LogP contribution in [0.5, 0.6) is 0 Å². The molecule has 1 fully saturated rings. The molecule has 5 nitrogen and oxygen atoms in total. The SMILES string of the molecule is C#CCn1ncc(Cl)c(NCC2CCN(C)CC2)c1=O. The normalized spacial score (nSPS) is 16.9. The van der Waals surface area contributed by atoms with E-state index in [2.05, 4.69) is 28.3 Å². The van der Waals surface area contributed by atoms with Crippen molar-refractivity contribution in [3.8, 4) is 12.3 Å². The molecule has 2 rings (SSSR count). The number of aromatic nitrogens is 2. The lowest BCUT2D eigenvalue weighted by Crippen LogP contribution is -2.34. The number of piperidine rings is 1. The number of terminal acetylenes is 1. The minimum Gasteiger partial charge on any atom is -0.379 e. The number of rotatable bonds is 4. The molecule has 1 aliphatic heterocycles. The molecule has 0 spiro atoms. The van der Waals surface area contributed by atoms with E-state index in [0.29, 0.717) is 16.6 Å². The van der Waals surface area contributed by atoms with Gasteiger partial charge in [-0.2, -0.15) is 5.10 Å². The highest BCUT2D eigenvalue weighted by Gasteiger charge is 2.17. The molecule has 1 N–H and O–H groups in total. The van der Waals surface area contributed by atoms with Crippen LogP contribution in [-0.4, -0.2) is 41.4 Å². The third kappa shape index (κ3) is 3.53. The Morgan fingerprint density at radius 3 is 2.90 bits per heavy atom. The van der Waals surface area contributed by atoms with Gasteiger partial charge in [0.15, 0.2) is 0 Å². The highest BCUT2D eigenvalue weighted by atomic mass is 35.5. The second-order valence-corrected chi connectivity index (χ2v) is 5.57. The molecule has 6 heteroatoms.